The van der Waals surface area contributed by atoms with Crippen molar-refractivity contribution in [2.75, 3.05) is 26.4 Å². The fraction of sp³-hybridized carbons (Fsp3) is 0.833. The summed E-state index contributed by atoms with van der Waals surface area (Å²) >= 11 is 0. The molecule has 0 aromatic carbocycles. The second-order valence-corrected chi connectivity index (χ2v) is 5.93. The predicted octanol–water partition coefficient (Wildman–Crippen LogP) is 3.56. The van der Waals surface area contributed by atoms with E-state index in [0.29, 0.717) is 6.61 Å². The molecule has 0 saturated heterocycles. The molecule has 0 aromatic rings. The molecule has 0 aliphatic carbocycles. The van der Waals surface area contributed by atoms with Crippen LogP contribution >= 0.6 is 0 Å². The molecule has 0 N–H and O–H groups in total. The Kier molecular flexibility index (Phi) is 10.2. The molecular weight excluding hydrogens is 278 g/mol. The Bertz CT molecular complexity index is 330. The van der Waals surface area contributed by atoms with Crippen LogP contribution in [0.4, 0.5) is 0 Å². The number of hydrogen-bond acceptors (Lipinski definition) is 3. The predicted molar refractivity (Wildman–Crippen MR) is 89.9 cm³/mol. The van der Waals surface area contributed by atoms with E-state index in [4.69, 9.17) is 9.47 Å². The smallest absolute Gasteiger partial charge is 0.246 e. The SMILES string of the molecule is CCCCOCC1C(OCCCC)C=CC(=O)N1CCCC. The highest BCUT2D eigenvalue weighted by atomic mass is 16.5. The van der Waals surface area contributed by atoms with Gasteiger partial charge in [-0.1, -0.05) is 40.0 Å². The first-order chi connectivity index (χ1) is 10.7. The van der Waals surface area contributed by atoms with Crippen molar-refractivity contribution >= 4 is 5.91 Å². The Morgan fingerprint density at radius 2 is 1.73 bits per heavy atom. The number of hydrogen-bond donors (Lipinski definition) is 0. The molecule has 1 amide bonds. The molecule has 0 aromatic heterocycles. The molecule has 1 aliphatic rings. The van der Waals surface area contributed by atoms with E-state index in [-0.39, 0.29) is 18.1 Å². The molecule has 0 bridgehead atoms. The molecular formula is C18H33NO3. The fourth-order valence-electron chi connectivity index (χ4n) is 2.51. The maximum absolute atomic E-state index is 12.2. The molecule has 1 heterocycles. The fourth-order valence-corrected chi connectivity index (χ4v) is 2.51. The van der Waals surface area contributed by atoms with Crippen LogP contribution in [0.5, 0.6) is 0 Å². The third kappa shape index (κ3) is 6.49. The van der Waals surface area contributed by atoms with Gasteiger partial charge in [0.1, 0.15) is 0 Å². The van der Waals surface area contributed by atoms with E-state index in [1.165, 1.54) is 0 Å². The van der Waals surface area contributed by atoms with Crippen LogP contribution in [-0.2, 0) is 14.3 Å². The standard InChI is InChI=1S/C18H33NO3/c1-4-7-12-19-16(15-21-13-8-5-2)17(10-11-18(19)20)22-14-9-6-3/h10-11,16-17H,4-9,12-15H2,1-3H3. The normalized spacial score (nSPS) is 21.6. The molecule has 4 heteroatoms. The zero-order chi connectivity index (χ0) is 16.2. The molecule has 1 aliphatic heterocycles. The third-order valence-electron chi connectivity index (χ3n) is 3.98. The number of carbonyl (C=O) groups excluding carboxylic acids is 1. The second-order valence-electron chi connectivity index (χ2n) is 5.93. The molecule has 0 radical (unpaired) electrons. The molecule has 0 fully saturated rings. The van der Waals surface area contributed by atoms with Crippen LogP contribution in [0, 0.1) is 0 Å². The maximum Gasteiger partial charge on any atom is 0.246 e. The Hall–Kier alpha value is -0.870. The van der Waals surface area contributed by atoms with Gasteiger partial charge in [-0.05, 0) is 25.3 Å². The van der Waals surface area contributed by atoms with Crippen LogP contribution in [0.15, 0.2) is 12.2 Å². The first kappa shape index (κ1) is 19.2. The number of ether oxygens (including phenoxy) is 2. The summed E-state index contributed by atoms with van der Waals surface area (Å²) in [6.07, 6.45) is 9.99. The molecule has 0 spiro atoms. The van der Waals surface area contributed by atoms with Crippen LogP contribution in [0.3, 0.4) is 0 Å². The number of rotatable bonds is 12. The van der Waals surface area contributed by atoms with Crippen LogP contribution in [0.2, 0.25) is 0 Å². The van der Waals surface area contributed by atoms with E-state index in [1.54, 1.807) is 6.08 Å². The molecule has 0 saturated carbocycles. The number of unbranched alkanes of at least 4 members (excludes halogenated alkanes) is 3. The highest BCUT2D eigenvalue weighted by Gasteiger charge is 2.32. The quantitative estimate of drug-likeness (QED) is 0.517. The lowest BCUT2D eigenvalue weighted by Gasteiger charge is -2.38. The van der Waals surface area contributed by atoms with Gasteiger partial charge in [0, 0.05) is 25.8 Å². The lowest BCUT2D eigenvalue weighted by atomic mass is 10.0. The lowest BCUT2D eigenvalue weighted by Crippen LogP contribution is -2.52. The summed E-state index contributed by atoms with van der Waals surface area (Å²) in [6.45, 7) is 9.31. The Morgan fingerprint density at radius 3 is 2.41 bits per heavy atom. The van der Waals surface area contributed by atoms with Gasteiger partial charge in [0.2, 0.25) is 5.91 Å². The number of nitrogens with zero attached hydrogens (tertiary/aromatic N) is 1. The second kappa shape index (κ2) is 11.7. The molecule has 2 atom stereocenters. The highest BCUT2D eigenvalue weighted by molar-refractivity contribution is 5.89. The van der Waals surface area contributed by atoms with Gasteiger partial charge in [-0.25, -0.2) is 0 Å². The summed E-state index contributed by atoms with van der Waals surface area (Å²) in [5.41, 5.74) is 0. The molecule has 22 heavy (non-hydrogen) atoms. The van der Waals surface area contributed by atoms with Crippen molar-refractivity contribution in [2.24, 2.45) is 0 Å². The monoisotopic (exact) mass is 311 g/mol. The summed E-state index contributed by atoms with van der Waals surface area (Å²) in [6, 6.07) is 0.0118. The molecule has 128 valence electrons. The zero-order valence-corrected chi connectivity index (χ0v) is 14.6. The average molecular weight is 311 g/mol. The molecule has 1 rings (SSSR count). The first-order valence-corrected chi connectivity index (χ1v) is 8.92. The Labute approximate surface area is 135 Å². The van der Waals surface area contributed by atoms with Gasteiger partial charge in [-0.2, -0.15) is 0 Å². The van der Waals surface area contributed by atoms with Gasteiger partial charge >= 0.3 is 0 Å². The van der Waals surface area contributed by atoms with E-state index >= 15 is 0 Å². The van der Waals surface area contributed by atoms with Gasteiger partial charge in [0.25, 0.3) is 0 Å². The minimum atomic E-state index is -0.0391. The van der Waals surface area contributed by atoms with Crippen LogP contribution in [0.25, 0.3) is 0 Å². The summed E-state index contributed by atoms with van der Waals surface area (Å²) in [5.74, 6) is 0.0906. The van der Waals surface area contributed by atoms with Gasteiger partial charge < -0.3 is 14.4 Å². The van der Waals surface area contributed by atoms with Gasteiger partial charge in [0.15, 0.2) is 0 Å². The minimum absolute atomic E-state index is 0.0118. The first-order valence-electron chi connectivity index (χ1n) is 8.92. The average Bonchev–Trinajstić information content (AvgIpc) is 2.52. The third-order valence-corrected chi connectivity index (χ3v) is 3.98. The van der Waals surface area contributed by atoms with Crippen molar-refractivity contribution in [2.45, 2.75) is 71.4 Å². The molecule has 4 nitrogen and oxygen atoms in total. The van der Waals surface area contributed by atoms with Gasteiger partial charge in [-0.3, -0.25) is 4.79 Å². The topological polar surface area (TPSA) is 38.8 Å². The summed E-state index contributed by atoms with van der Waals surface area (Å²) in [5, 5.41) is 0. The van der Waals surface area contributed by atoms with E-state index in [0.717, 1.165) is 58.3 Å². The summed E-state index contributed by atoms with van der Waals surface area (Å²) < 4.78 is 11.8. The van der Waals surface area contributed by atoms with Crippen molar-refractivity contribution in [3.05, 3.63) is 12.2 Å². The zero-order valence-electron chi connectivity index (χ0n) is 14.6. The number of amides is 1. The summed E-state index contributed by atoms with van der Waals surface area (Å²) in [4.78, 5) is 14.1. The highest BCUT2D eigenvalue weighted by Crippen LogP contribution is 2.18. The Balaban J connectivity index is 2.64. The summed E-state index contributed by atoms with van der Waals surface area (Å²) in [7, 11) is 0. The number of carbonyl (C=O) groups is 1. The van der Waals surface area contributed by atoms with Crippen molar-refractivity contribution in [3.8, 4) is 0 Å². The Morgan fingerprint density at radius 1 is 1.05 bits per heavy atom. The van der Waals surface area contributed by atoms with E-state index in [2.05, 4.69) is 20.8 Å². The van der Waals surface area contributed by atoms with Crippen LogP contribution in [0.1, 0.15) is 59.3 Å². The van der Waals surface area contributed by atoms with Crippen LogP contribution in [-0.4, -0.2) is 49.3 Å². The minimum Gasteiger partial charge on any atom is -0.379 e. The maximum atomic E-state index is 12.2. The van der Waals surface area contributed by atoms with E-state index in [9.17, 15) is 4.79 Å². The van der Waals surface area contributed by atoms with E-state index < -0.39 is 0 Å². The van der Waals surface area contributed by atoms with Gasteiger partial charge in [0.05, 0.1) is 18.8 Å². The molecule has 2 unspecified atom stereocenters. The van der Waals surface area contributed by atoms with Crippen molar-refractivity contribution < 1.29 is 14.3 Å². The van der Waals surface area contributed by atoms with Gasteiger partial charge in [-0.15, -0.1) is 0 Å². The van der Waals surface area contributed by atoms with Crippen molar-refractivity contribution in [1.82, 2.24) is 4.90 Å². The van der Waals surface area contributed by atoms with Crippen molar-refractivity contribution in [1.29, 1.82) is 0 Å². The van der Waals surface area contributed by atoms with E-state index in [1.807, 2.05) is 11.0 Å². The lowest BCUT2D eigenvalue weighted by molar-refractivity contribution is -0.135. The van der Waals surface area contributed by atoms with Crippen molar-refractivity contribution in [3.63, 3.8) is 0 Å². The largest absolute Gasteiger partial charge is 0.379 e. The van der Waals surface area contributed by atoms with Crippen LogP contribution < -0.4 is 0 Å².